The molecule has 1 aliphatic heterocycles. The van der Waals surface area contributed by atoms with Crippen molar-refractivity contribution in [3.63, 3.8) is 0 Å². The Hall–Kier alpha value is -2.19. The summed E-state index contributed by atoms with van der Waals surface area (Å²) in [6, 6.07) is 7.13. The van der Waals surface area contributed by atoms with E-state index >= 15 is 0 Å². The van der Waals surface area contributed by atoms with Crippen LogP contribution in [-0.4, -0.2) is 47.8 Å². The van der Waals surface area contributed by atoms with Crippen molar-refractivity contribution in [1.29, 1.82) is 0 Å². The molecule has 0 atom stereocenters. The number of nitrogens with zero attached hydrogens (tertiary/aromatic N) is 3. The molecule has 7 nitrogen and oxygen atoms in total. The van der Waals surface area contributed by atoms with E-state index in [0.717, 1.165) is 24.6 Å². The Morgan fingerprint density at radius 1 is 1.24 bits per heavy atom. The fourth-order valence-corrected chi connectivity index (χ4v) is 3.47. The van der Waals surface area contributed by atoms with Gasteiger partial charge in [0.1, 0.15) is 16.5 Å². The minimum Gasteiger partial charge on any atom is -0.497 e. The minimum absolute atomic E-state index is 0.0891. The first-order chi connectivity index (χ1) is 12.2. The summed E-state index contributed by atoms with van der Waals surface area (Å²) in [6.45, 7) is 2.92. The highest BCUT2D eigenvalue weighted by Gasteiger charge is 2.14. The van der Waals surface area contributed by atoms with Crippen LogP contribution in [-0.2, 0) is 11.3 Å². The molecule has 2 aromatic rings. The zero-order valence-electron chi connectivity index (χ0n) is 14.2. The van der Waals surface area contributed by atoms with Crippen LogP contribution in [0.4, 0.5) is 5.13 Å². The Balaban J connectivity index is 1.46. The number of anilines is 1. The standard InChI is InChI=1S/C17H22N4O3S/c1-23-13-6-5-7-14(10-13)24-12-15(22)18-17-20-19-16(25-17)11-21-8-3-2-4-9-21/h5-7,10H,2-4,8-9,11-12H2,1H3,(H,18,20,22). The summed E-state index contributed by atoms with van der Waals surface area (Å²) < 4.78 is 10.6. The Labute approximate surface area is 151 Å². The summed E-state index contributed by atoms with van der Waals surface area (Å²) in [5.41, 5.74) is 0. The van der Waals surface area contributed by atoms with Crippen molar-refractivity contribution in [2.45, 2.75) is 25.8 Å². The molecule has 1 saturated heterocycles. The highest BCUT2D eigenvalue weighted by molar-refractivity contribution is 7.15. The highest BCUT2D eigenvalue weighted by Crippen LogP contribution is 2.20. The number of hydrogen-bond donors (Lipinski definition) is 1. The predicted octanol–water partition coefficient (Wildman–Crippen LogP) is 2.55. The van der Waals surface area contributed by atoms with E-state index in [0.29, 0.717) is 16.6 Å². The first kappa shape index (κ1) is 17.6. The van der Waals surface area contributed by atoms with E-state index < -0.39 is 0 Å². The highest BCUT2D eigenvalue weighted by atomic mass is 32.1. The lowest BCUT2D eigenvalue weighted by Gasteiger charge is -2.24. The van der Waals surface area contributed by atoms with E-state index in [4.69, 9.17) is 9.47 Å². The number of hydrogen-bond acceptors (Lipinski definition) is 7. The number of nitrogens with one attached hydrogen (secondary N) is 1. The van der Waals surface area contributed by atoms with Gasteiger partial charge in [0.05, 0.1) is 13.7 Å². The van der Waals surface area contributed by atoms with Crippen LogP contribution < -0.4 is 14.8 Å². The molecule has 0 aliphatic carbocycles. The summed E-state index contributed by atoms with van der Waals surface area (Å²) in [4.78, 5) is 14.4. The van der Waals surface area contributed by atoms with E-state index in [2.05, 4.69) is 20.4 Å². The van der Waals surface area contributed by atoms with Crippen molar-refractivity contribution in [3.05, 3.63) is 29.3 Å². The fourth-order valence-electron chi connectivity index (χ4n) is 2.67. The lowest BCUT2D eigenvalue weighted by Crippen LogP contribution is -2.28. The minimum atomic E-state index is -0.261. The summed E-state index contributed by atoms with van der Waals surface area (Å²) in [5.74, 6) is 1.01. The molecule has 0 radical (unpaired) electrons. The molecule has 1 amide bonds. The smallest absolute Gasteiger partial charge is 0.264 e. The number of likely N-dealkylation sites (tertiary alicyclic amines) is 1. The molecule has 1 aliphatic rings. The molecule has 0 spiro atoms. The second-order valence-electron chi connectivity index (χ2n) is 5.85. The Kier molecular flexibility index (Phi) is 6.19. The largest absolute Gasteiger partial charge is 0.497 e. The number of rotatable bonds is 7. The number of piperidine rings is 1. The predicted molar refractivity (Wildman–Crippen MR) is 96.2 cm³/mol. The van der Waals surface area contributed by atoms with Gasteiger partial charge >= 0.3 is 0 Å². The average Bonchev–Trinajstić information content (AvgIpc) is 3.08. The maximum absolute atomic E-state index is 12.0. The molecule has 1 fully saturated rings. The molecule has 1 aromatic heterocycles. The van der Waals surface area contributed by atoms with Crippen molar-refractivity contribution in [1.82, 2.24) is 15.1 Å². The van der Waals surface area contributed by atoms with Gasteiger partial charge in [-0.15, -0.1) is 10.2 Å². The van der Waals surface area contributed by atoms with Crippen LogP contribution in [0.25, 0.3) is 0 Å². The molecule has 8 heteroatoms. The SMILES string of the molecule is COc1cccc(OCC(=O)Nc2nnc(CN3CCCCC3)s2)c1. The van der Waals surface area contributed by atoms with E-state index in [1.807, 2.05) is 12.1 Å². The summed E-state index contributed by atoms with van der Waals surface area (Å²) in [6.07, 6.45) is 3.79. The van der Waals surface area contributed by atoms with Gasteiger partial charge in [0.25, 0.3) is 5.91 Å². The maximum Gasteiger partial charge on any atom is 0.264 e. The van der Waals surface area contributed by atoms with Crippen LogP contribution in [0.5, 0.6) is 11.5 Å². The van der Waals surface area contributed by atoms with Gasteiger partial charge in [-0.1, -0.05) is 23.8 Å². The average molecular weight is 362 g/mol. The number of ether oxygens (including phenoxy) is 2. The molecule has 25 heavy (non-hydrogen) atoms. The first-order valence-corrected chi connectivity index (χ1v) is 9.16. The lowest BCUT2D eigenvalue weighted by molar-refractivity contribution is -0.118. The van der Waals surface area contributed by atoms with Crippen LogP contribution in [0.2, 0.25) is 0 Å². The number of benzene rings is 1. The van der Waals surface area contributed by atoms with E-state index in [1.165, 1.54) is 30.6 Å². The zero-order valence-corrected chi connectivity index (χ0v) is 15.1. The van der Waals surface area contributed by atoms with Crippen molar-refractivity contribution < 1.29 is 14.3 Å². The fraction of sp³-hybridized carbons (Fsp3) is 0.471. The Morgan fingerprint density at radius 3 is 2.84 bits per heavy atom. The van der Waals surface area contributed by atoms with Crippen LogP contribution in [0.15, 0.2) is 24.3 Å². The van der Waals surface area contributed by atoms with Crippen molar-refractivity contribution >= 4 is 22.4 Å². The molecule has 1 aromatic carbocycles. The van der Waals surface area contributed by atoms with E-state index in [-0.39, 0.29) is 12.5 Å². The normalized spacial score (nSPS) is 14.9. The Bertz CT molecular complexity index is 701. The van der Waals surface area contributed by atoms with Gasteiger partial charge in [0, 0.05) is 6.07 Å². The number of amides is 1. The van der Waals surface area contributed by atoms with Gasteiger partial charge in [0.15, 0.2) is 6.61 Å². The van der Waals surface area contributed by atoms with Gasteiger partial charge in [-0.3, -0.25) is 15.0 Å². The van der Waals surface area contributed by atoms with Gasteiger partial charge in [-0.25, -0.2) is 0 Å². The van der Waals surface area contributed by atoms with Crippen LogP contribution in [0, 0.1) is 0 Å². The van der Waals surface area contributed by atoms with Gasteiger partial charge < -0.3 is 9.47 Å². The summed E-state index contributed by atoms with van der Waals surface area (Å²) >= 11 is 1.41. The number of carbonyl (C=O) groups excluding carboxylic acids is 1. The molecule has 2 heterocycles. The van der Waals surface area contributed by atoms with Crippen molar-refractivity contribution in [2.24, 2.45) is 0 Å². The molecule has 3 rings (SSSR count). The number of methoxy groups -OCH3 is 1. The van der Waals surface area contributed by atoms with Crippen molar-refractivity contribution in [2.75, 3.05) is 32.1 Å². The van der Waals surface area contributed by atoms with E-state index in [1.54, 1.807) is 19.2 Å². The molecule has 1 N–H and O–H groups in total. The van der Waals surface area contributed by atoms with Crippen molar-refractivity contribution in [3.8, 4) is 11.5 Å². The number of carbonyl (C=O) groups is 1. The van der Waals surface area contributed by atoms with Gasteiger partial charge in [-0.05, 0) is 38.1 Å². The molecule has 0 bridgehead atoms. The third kappa shape index (κ3) is 5.40. The molecule has 0 saturated carbocycles. The van der Waals surface area contributed by atoms with Crippen LogP contribution >= 0.6 is 11.3 Å². The summed E-state index contributed by atoms with van der Waals surface area (Å²) in [5, 5.41) is 12.4. The lowest BCUT2D eigenvalue weighted by atomic mass is 10.1. The molecular weight excluding hydrogens is 340 g/mol. The maximum atomic E-state index is 12.0. The third-order valence-electron chi connectivity index (χ3n) is 3.93. The quantitative estimate of drug-likeness (QED) is 0.816. The van der Waals surface area contributed by atoms with Gasteiger partial charge in [-0.2, -0.15) is 0 Å². The molecule has 134 valence electrons. The second-order valence-corrected chi connectivity index (χ2v) is 6.92. The first-order valence-electron chi connectivity index (χ1n) is 8.34. The van der Waals surface area contributed by atoms with Crippen LogP contribution in [0.1, 0.15) is 24.3 Å². The third-order valence-corrected chi connectivity index (χ3v) is 4.76. The monoisotopic (exact) mass is 362 g/mol. The Morgan fingerprint density at radius 2 is 2.04 bits per heavy atom. The topological polar surface area (TPSA) is 76.6 Å². The van der Waals surface area contributed by atoms with E-state index in [9.17, 15) is 4.79 Å². The number of aromatic nitrogens is 2. The van der Waals surface area contributed by atoms with Crippen LogP contribution in [0.3, 0.4) is 0 Å². The second kappa shape index (κ2) is 8.77. The zero-order chi connectivity index (χ0) is 17.5. The molecule has 0 unspecified atom stereocenters. The summed E-state index contributed by atoms with van der Waals surface area (Å²) in [7, 11) is 1.59. The molecular formula is C17H22N4O3S. The van der Waals surface area contributed by atoms with Gasteiger partial charge in [0.2, 0.25) is 5.13 Å².